The predicted molar refractivity (Wildman–Crippen MR) is 92.6 cm³/mol. The maximum absolute atomic E-state index is 11.4. The average Bonchev–Trinajstić information content (AvgIpc) is 2.87. The van der Waals surface area contributed by atoms with Crippen LogP contribution in [0.15, 0.2) is 18.2 Å². The number of benzene rings is 1. The lowest BCUT2D eigenvalue weighted by molar-refractivity contribution is 0.121. The van der Waals surface area contributed by atoms with Crippen LogP contribution in [0.1, 0.15) is 6.42 Å². The summed E-state index contributed by atoms with van der Waals surface area (Å²) in [7, 11) is 1.78. The molecular formula is C16H21Cl2N3O2. The molecular weight excluding hydrogens is 337 g/mol. The Labute approximate surface area is 146 Å². The van der Waals surface area contributed by atoms with Crippen molar-refractivity contribution < 1.29 is 9.53 Å². The highest BCUT2D eigenvalue weighted by Crippen LogP contribution is 2.27. The van der Waals surface area contributed by atoms with Gasteiger partial charge in [0.25, 0.3) is 0 Å². The van der Waals surface area contributed by atoms with E-state index in [9.17, 15) is 4.79 Å². The SMILES string of the molecule is CN1CC(CCN2CCN(c3ccc(Cl)c(Cl)c3)CC2)OC1=O. The molecule has 2 aliphatic heterocycles. The van der Waals surface area contributed by atoms with Crippen molar-refractivity contribution in [1.82, 2.24) is 9.80 Å². The Morgan fingerprint density at radius 1 is 1.17 bits per heavy atom. The number of carbonyl (C=O) groups is 1. The summed E-state index contributed by atoms with van der Waals surface area (Å²) in [6, 6.07) is 5.78. The Bertz CT molecular complexity index is 576. The van der Waals surface area contributed by atoms with Crippen molar-refractivity contribution in [3.8, 4) is 0 Å². The lowest BCUT2D eigenvalue weighted by Crippen LogP contribution is -2.47. The van der Waals surface area contributed by atoms with Gasteiger partial charge in [0.2, 0.25) is 0 Å². The number of ether oxygens (including phenoxy) is 1. The molecule has 7 heteroatoms. The highest BCUT2D eigenvalue weighted by Gasteiger charge is 2.28. The number of anilines is 1. The maximum Gasteiger partial charge on any atom is 0.409 e. The summed E-state index contributed by atoms with van der Waals surface area (Å²) in [4.78, 5) is 17.7. The normalized spacial score (nSPS) is 22.6. The molecule has 0 aromatic heterocycles. The van der Waals surface area contributed by atoms with Crippen LogP contribution in [0.3, 0.4) is 0 Å². The Hall–Kier alpha value is -1.17. The molecule has 0 radical (unpaired) electrons. The molecule has 0 aliphatic carbocycles. The lowest BCUT2D eigenvalue weighted by Gasteiger charge is -2.36. The Balaban J connectivity index is 1.45. The molecule has 1 aromatic rings. The van der Waals surface area contributed by atoms with E-state index in [0.717, 1.165) is 44.8 Å². The zero-order valence-electron chi connectivity index (χ0n) is 13.2. The lowest BCUT2D eigenvalue weighted by atomic mass is 10.2. The van der Waals surface area contributed by atoms with E-state index < -0.39 is 0 Å². The number of amides is 1. The third-order valence-corrected chi connectivity index (χ3v) is 5.20. The Morgan fingerprint density at radius 3 is 2.52 bits per heavy atom. The molecule has 2 aliphatic rings. The first-order valence-electron chi connectivity index (χ1n) is 7.87. The summed E-state index contributed by atoms with van der Waals surface area (Å²) in [6.45, 7) is 5.57. The molecule has 0 spiro atoms. The van der Waals surface area contributed by atoms with Gasteiger partial charge in [-0.1, -0.05) is 23.2 Å². The molecule has 2 saturated heterocycles. The molecule has 0 N–H and O–H groups in total. The molecule has 2 fully saturated rings. The van der Waals surface area contributed by atoms with Crippen molar-refractivity contribution in [3.63, 3.8) is 0 Å². The van der Waals surface area contributed by atoms with E-state index in [1.807, 2.05) is 18.2 Å². The number of likely N-dealkylation sites (N-methyl/N-ethyl adjacent to an activating group) is 1. The fourth-order valence-corrected chi connectivity index (χ4v) is 3.33. The van der Waals surface area contributed by atoms with Gasteiger partial charge >= 0.3 is 6.09 Å². The van der Waals surface area contributed by atoms with E-state index in [-0.39, 0.29) is 12.2 Å². The number of carbonyl (C=O) groups excluding carboxylic acids is 1. The Morgan fingerprint density at radius 2 is 1.91 bits per heavy atom. The number of hydrogen-bond donors (Lipinski definition) is 0. The smallest absolute Gasteiger partial charge is 0.409 e. The monoisotopic (exact) mass is 357 g/mol. The molecule has 126 valence electrons. The highest BCUT2D eigenvalue weighted by atomic mass is 35.5. The van der Waals surface area contributed by atoms with Gasteiger partial charge in [-0.3, -0.25) is 4.90 Å². The quantitative estimate of drug-likeness (QED) is 0.829. The zero-order chi connectivity index (χ0) is 16.4. The maximum atomic E-state index is 11.4. The van der Waals surface area contributed by atoms with Gasteiger partial charge in [-0.05, 0) is 24.6 Å². The fourth-order valence-electron chi connectivity index (χ4n) is 3.04. The molecule has 1 aromatic carbocycles. The molecule has 5 nitrogen and oxygen atoms in total. The minimum atomic E-state index is -0.209. The van der Waals surface area contributed by atoms with Crippen LogP contribution in [-0.2, 0) is 4.74 Å². The van der Waals surface area contributed by atoms with E-state index in [1.54, 1.807) is 11.9 Å². The van der Waals surface area contributed by atoms with Crippen LogP contribution in [0, 0.1) is 0 Å². The number of nitrogens with zero attached hydrogens (tertiary/aromatic N) is 3. The van der Waals surface area contributed by atoms with Crippen LogP contribution in [0.4, 0.5) is 10.5 Å². The molecule has 1 amide bonds. The van der Waals surface area contributed by atoms with Gasteiger partial charge in [-0.25, -0.2) is 4.79 Å². The summed E-state index contributed by atoms with van der Waals surface area (Å²) in [6.07, 6.45) is 0.711. The van der Waals surface area contributed by atoms with Crippen LogP contribution in [0.25, 0.3) is 0 Å². The molecule has 2 heterocycles. The van der Waals surface area contributed by atoms with Gasteiger partial charge in [-0.15, -0.1) is 0 Å². The van der Waals surface area contributed by atoms with Gasteiger partial charge in [-0.2, -0.15) is 0 Å². The van der Waals surface area contributed by atoms with E-state index in [0.29, 0.717) is 16.6 Å². The molecule has 0 bridgehead atoms. The van der Waals surface area contributed by atoms with Crippen LogP contribution in [-0.4, -0.2) is 68.3 Å². The van der Waals surface area contributed by atoms with Crippen LogP contribution >= 0.6 is 23.2 Å². The Kier molecular flexibility index (Phi) is 5.19. The number of piperazine rings is 1. The second-order valence-electron chi connectivity index (χ2n) is 6.10. The molecule has 23 heavy (non-hydrogen) atoms. The van der Waals surface area contributed by atoms with Crippen molar-refractivity contribution in [1.29, 1.82) is 0 Å². The van der Waals surface area contributed by atoms with E-state index in [4.69, 9.17) is 27.9 Å². The number of halogens is 2. The number of cyclic esters (lactones) is 1. The van der Waals surface area contributed by atoms with Gasteiger partial charge in [0.1, 0.15) is 6.10 Å². The summed E-state index contributed by atoms with van der Waals surface area (Å²) in [5, 5.41) is 1.18. The predicted octanol–water partition coefficient (Wildman–Crippen LogP) is 2.96. The van der Waals surface area contributed by atoms with Crippen molar-refractivity contribution >= 4 is 35.0 Å². The highest BCUT2D eigenvalue weighted by molar-refractivity contribution is 6.42. The van der Waals surface area contributed by atoms with Gasteiger partial charge in [0.15, 0.2) is 0 Å². The second kappa shape index (κ2) is 7.16. The minimum absolute atomic E-state index is 0.0283. The summed E-state index contributed by atoms with van der Waals surface area (Å²) in [5.74, 6) is 0. The first-order valence-corrected chi connectivity index (χ1v) is 8.62. The minimum Gasteiger partial charge on any atom is -0.444 e. The largest absolute Gasteiger partial charge is 0.444 e. The first-order chi connectivity index (χ1) is 11.0. The molecule has 1 unspecified atom stereocenters. The first kappa shape index (κ1) is 16.7. The van der Waals surface area contributed by atoms with Crippen molar-refractivity contribution in [3.05, 3.63) is 28.2 Å². The third kappa shape index (κ3) is 4.03. The number of rotatable bonds is 4. The van der Waals surface area contributed by atoms with E-state index in [2.05, 4.69) is 9.80 Å². The molecule has 0 saturated carbocycles. The van der Waals surface area contributed by atoms with E-state index in [1.165, 1.54) is 0 Å². The standard InChI is InChI=1S/C16H21Cl2N3O2/c1-19-11-13(23-16(19)22)4-5-20-6-8-21(9-7-20)12-2-3-14(17)15(18)10-12/h2-3,10,13H,4-9,11H2,1H3. The van der Waals surface area contributed by atoms with Crippen molar-refractivity contribution in [2.75, 3.05) is 51.2 Å². The van der Waals surface area contributed by atoms with Gasteiger partial charge in [0.05, 0.1) is 16.6 Å². The third-order valence-electron chi connectivity index (χ3n) is 4.46. The van der Waals surface area contributed by atoms with Crippen molar-refractivity contribution in [2.24, 2.45) is 0 Å². The second-order valence-corrected chi connectivity index (χ2v) is 6.92. The zero-order valence-corrected chi connectivity index (χ0v) is 14.7. The summed E-state index contributed by atoms with van der Waals surface area (Å²) < 4.78 is 5.30. The van der Waals surface area contributed by atoms with Crippen LogP contribution in [0.5, 0.6) is 0 Å². The summed E-state index contributed by atoms with van der Waals surface area (Å²) >= 11 is 12.1. The molecule has 3 rings (SSSR count). The van der Waals surface area contributed by atoms with Crippen LogP contribution in [0.2, 0.25) is 10.0 Å². The van der Waals surface area contributed by atoms with Crippen LogP contribution < -0.4 is 4.90 Å². The number of hydrogen-bond acceptors (Lipinski definition) is 4. The van der Waals surface area contributed by atoms with Crippen molar-refractivity contribution in [2.45, 2.75) is 12.5 Å². The fraction of sp³-hybridized carbons (Fsp3) is 0.562. The molecule has 1 atom stereocenters. The van der Waals surface area contributed by atoms with E-state index >= 15 is 0 Å². The van der Waals surface area contributed by atoms with Gasteiger partial charge in [0, 0.05) is 45.5 Å². The summed E-state index contributed by atoms with van der Waals surface area (Å²) in [5.41, 5.74) is 1.12. The van der Waals surface area contributed by atoms with Gasteiger partial charge < -0.3 is 14.5 Å². The average molecular weight is 358 g/mol. The topological polar surface area (TPSA) is 36.0 Å².